The molecule has 1 atom stereocenters. The summed E-state index contributed by atoms with van der Waals surface area (Å²) in [7, 11) is 0. The molecule has 0 aromatic carbocycles. The molecule has 1 nitrogen and oxygen atoms in total. The van der Waals surface area contributed by atoms with E-state index in [1.807, 2.05) is 0 Å². The molecule has 0 amide bonds. The average Bonchev–Trinajstić information content (AvgIpc) is 2.33. The lowest BCUT2D eigenvalue weighted by atomic mass is 10.0. The highest BCUT2D eigenvalue weighted by atomic mass is 32.2. The minimum Gasteiger partial charge on any atom is -0.302 e. The lowest BCUT2D eigenvalue weighted by Crippen LogP contribution is -2.33. The Kier molecular flexibility index (Phi) is 3.26. The fourth-order valence-electron chi connectivity index (χ4n) is 1.37. The standard InChI is InChI=1S/C9H19NS/c1-8(2)4-5-9(3)10-6-7-11-9/h8,10H,4-7H2,1-3H3. The van der Waals surface area contributed by atoms with Gasteiger partial charge in [-0.1, -0.05) is 13.8 Å². The van der Waals surface area contributed by atoms with Crippen LogP contribution in [0.3, 0.4) is 0 Å². The minimum absolute atomic E-state index is 0.393. The van der Waals surface area contributed by atoms with Gasteiger partial charge in [-0.05, 0) is 25.7 Å². The maximum absolute atomic E-state index is 3.55. The van der Waals surface area contributed by atoms with Gasteiger partial charge in [-0.2, -0.15) is 0 Å². The zero-order valence-corrected chi connectivity index (χ0v) is 8.63. The molecule has 1 rings (SSSR count). The summed E-state index contributed by atoms with van der Waals surface area (Å²) in [4.78, 5) is 0.393. The second-order valence-electron chi connectivity index (χ2n) is 3.94. The molecular weight excluding hydrogens is 154 g/mol. The van der Waals surface area contributed by atoms with Crippen molar-refractivity contribution in [3.8, 4) is 0 Å². The van der Waals surface area contributed by atoms with Gasteiger partial charge in [-0.25, -0.2) is 0 Å². The molecule has 2 heteroatoms. The fraction of sp³-hybridized carbons (Fsp3) is 1.00. The van der Waals surface area contributed by atoms with Crippen molar-refractivity contribution in [1.82, 2.24) is 5.32 Å². The first-order valence-electron chi connectivity index (χ1n) is 4.51. The van der Waals surface area contributed by atoms with Crippen LogP contribution in [-0.2, 0) is 0 Å². The summed E-state index contributed by atoms with van der Waals surface area (Å²) in [6.45, 7) is 8.11. The van der Waals surface area contributed by atoms with Gasteiger partial charge in [0.15, 0.2) is 0 Å². The van der Waals surface area contributed by atoms with Gasteiger partial charge >= 0.3 is 0 Å². The molecule has 0 spiro atoms. The highest BCUT2D eigenvalue weighted by Crippen LogP contribution is 2.32. The van der Waals surface area contributed by atoms with Gasteiger partial charge in [0.05, 0.1) is 4.87 Å². The van der Waals surface area contributed by atoms with Crippen molar-refractivity contribution in [2.45, 2.75) is 38.5 Å². The number of thioether (sulfide) groups is 1. The molecule has 1 fully saturated rings. The second-order valence-corrected chi connectivity index (χ2v) is 5.54. The Balaban J connectivity index is 2.23. The highest BCUT2D eigenvalue weighted by Gasteiger charge is 2.27. The van der Waals surface area contributed by atoms with E-state index in [-0.39, 0.29) is 0 Å². The molecule has 0 aliphatic carbocycles. The first kappa shape index (κ1) is 9.40. The lowest BCUT2D eigenvalue weighted by molar-refractivity contribution is 0.441. The molecule has 0 aromatic heterocycles. The summed E-state index contributed by atoms with van der Waals surface area (Å²) in [5.74, 6) is 2.13. The fourth-order valence-corrected chi connectivity index (χ4v) is 2.49. The van der Waals surface area contributed by atoms with Crippen LogP contribution in [-0.4, -0.2) is 17.2 Å². The van der Waals surface area contributed by atoms with E-state index in [1.54, 1.807) is 0 Å². The van der Waals surface area contributed by atoms with E-state index in [4.69, 9.17) is 0 Å². The van der Waals surface area contributed by atoms with E-state index in [0.29, 0.717) is 4.87 Å². The third-order valence-electron chi connectivity index (χ3n) is 2.22. The summed E-state index contributed by atoms with van der Waals surface area (Å²) in [6, 6.07) is 0. The molecule has 0 bridgehead atoms. The van der Waals surface area contributed by atoms with Crippen LogP contribution in [0.5, 0.6) is 0 Å². The van der Waals surface area contributed by atoms with Crippen LogP contribution in [0.25, 0.3) is 0 Å². The van der Waals surface area contributed by atoms with Gasteiger partial charge in [0.25, 0.3) is 0 Å². The Hall–Kier alpha value is 0.310. The van der Waals surface area contributed by atoms with Crippen LogP contribution in [0.1, 0.15) is 33.6 Å². The first-order valence-corrected chi connectivity index (χ1v) is 5.50. The maximum atomic E-state index is 3.55. The number of hydrogen-bond donors (Lipinski definition) is 1. The normalized spacial score (nSPS) is 31.6. The van der Waals surface area contributed by atoms with Crippen LogP contribution in [0, 0.1) is 5.92 Å². The van der Waals surface area contributed by atoms with Gasteiger partial charge < -0.3 is 5.32 Å². The predicted octanol–water partition coefficient (Wildman–Crippen LogP) is 2.48. The van der Waals surface area contributed by atoms with Crippen molar-refractivity contribution in [2.75, 3.05) is 12.3 Å². The average molecular weight is 173 g/mol. The molecule has 0 saturated carbocycles. The van der Waals surface area contributed by atoms with Crippen LogP contribution in [0.4, 0.5) is 0 Å². The Bertz CT molecular complexity index is 117. The molecule has 0 aromatic rings. The van der Waals surface area contributed by atoms with Gasteiger partial charge in [-0.3, -0.25) is 0 Å². The molecule has 1 aliphatic rings. The summed E-state index contributed by atoms with van der Waals surface area (Å²) in [5.41, 5.74) is 0. The van der Waals surface area contributed by atoms with Crippen molar-refractivity contribution in [1.29, 1.82) is 0 Å². The van der Waals surface area contributed by atoms with Crippen LogP contribution < -0.4 is 5.32 Å². The van der Waals surface area contributed by atoms with E-state index in [2.05, 4.69) is 37.8 Å². The molecule has 1 heterocycles. The predicted molar refractivity (Wildman–Crippen MR) is 52.9 cm³/mol. The monoisotopic (exact) mass is 173 g/mol. The Morgan fingerprint density at radius 1 is 1.55 bits per heavy atom. The number of rotatable bonds is 3. The third kappa shape index (κ3) is 3.04. The zero-order valence-electron chi connectivity index (χ0n) is 7.81. The van der Waals surface area contributed by atoms with E-state index in [1.165, 1.54) is 25.1 Å². The van der Waals surface area contributed by atoms with Crippen molar-refractivity contribution in [2.24, 2.45) is 5.92 Å². The van der Waals surface area contributed by atoms with Crippen LogP contribution in [0.2, 0.25) is 0 Å². The van der Waals surface area contributed by atoms with E-state index >= 15 is 0 Å². The van der Waals surface area contributed by atoms with E-state index in [0.717, 1.165) is 5.92 Å². The topological polar surface area (TPSA) is 12.0 Å². The van der Waals surface area contributed by atoms with Crippen molar-refractivity contribution in [3.63, 3.8) is 0 Å². The molecule has 66 valence electrons. The molecule has 1 aliphatic heterocycles. The molecule has 1 unspecified atom stereocenters. The number of hydrogen-bond acceptors (Lipinski definition) is 2. The largest absolute Gasteiger partial charge is 0.302 e. The zero-order chi connectivity index (χ0) is 8.32. The maximum Gasteiger partial charge on any atom is 0.0617 e. The molecule has 0 radical (unpaired) electrons. The van der Waals surface area contributed by atoms with Crippen LogP contribution in [0.15, 0.2) is 0 Å². The Morgan fingerprint density at radius 3 is 2.73 bits per heavy atom. The second kappa shape index (κ2) is 3.81. The lowest BCUT2D eigenvalue weighted by Gasteiger charge is -2.24. The smallest absolute Gasteiger partial charge is 0.0617 e. The van der Waals surface area contributed by atoms with Gasteiger partial charge in [0, 0.05) is 12.3 Å². The molecule has 1 N–H and O–H groups in total. The highest BCUT2D eigenvalue weighted by molar-refractivity contribution is 8.00. The quantitative estimate of drug-likeness (QED) is 0.703. The summed E-state index contributed by atoms with van der Waals surface area (Å²) >= 11 is 2.08. The van der Waals surface area contributed by atoms with E-state index < -0.39 is 0 Å². The van der Waals surface area contributed by atoms with Gasteiger partial charge in [-0.15, -0.1) is 11.8 Å². The first-order chi connectivity index (χ1) is 5.12. The third-order valence-corrected chi connectivity index (χ3v) is 3.61. The Labute approximate surface area is 74.3 Å². The van der Waals surface area contributed by atoms with E-state index in [9.17, 15) is 0 Å². The summed E-state index contributed by atoms with van der Waals surface area (Å²) in [5, 5.41) is 3.55. The summed E-state index contributed by atoms with van der Waals surface area (Å²) < 4.78 is 0. The van der Waals surface area contributed by atoms with Crippen molar-refractivity contribution < 1.29 is 0 Å². The van der Waals surface area contributed by atoms with Crippen LogP contribution >= 0.6 is 11.8 Å². The SMILES string of the molecule is CC(C)CCC1(C)NCCS1. The van der Waals surface area contributed by atoms with Crippen molar-refractivity contribution >= 4 is 11.8 Å². The molecule has 1 saturated heterocycles. The van der Waals surface area contributed by atoms with Gasteiger partial charge in [0.1, 0.15) is 0 Å². The number of nitrogens with one attached hydrogen (secondary N) is 1. The van der Waals surface area contributed by atoms with Gasteiger partial charge in [0.2, 0.25) is 0 Å². The molecular formula is C9H19NS. The summed E-state index contributed by atoms with van der Waals surface area (Å²) in [6.07, 6.45) is 2.66. The minimum atomic E-state index is 0.393. The molecule has 11 heavy (non-hydrogen) atoms. The van der Waals surface area contributed by atoms with Crippen molar-refractivity contribution in [3.05, 3.63) is 0 Å². The Morgan fingerprint density at radius 2 is 2.27 bits per heavy atom.